The van der Waals surface area contributed by atoms with E-state index in [1.54, 1.807) is 19.2 Å². The number of aryl methyl sites for hydroxylation is 1. The number of benzene rings is 2. The average molecular weight is 445 g/mol. The predicted octanol–water partition coefficient (Wildman–Crippen LogP) is 5.37. The van der Waals surface area contributed by atoms with Crippen LogP contribution >= 0.6 is 0 Å². The first-order valence-corrected chi connectivity index (χ1v) is 11.0. The Hall–Kier alpha value is -3.74. The SMILES string of the molecule is COc1ccc2nc(C3CC3)cc(C(=O)Nc3c(C)nn(Cc4ccc(F)cc4)c3C)c2c1. The molecule has 0 atom stereocenters. The molecule has 2 aromatic carbocycles. The molecule has 1 N–H and O–H groups in total. The lowest BCUT2D eigenvalue weighted by Crippen LogP contribution is -2.15. The first-order chi connectivity index (χ1) is 15.9. The molecule has 0 saturated heterocycles. The summed E-state index contributed by atoms with van der Waals surface area (Å²) in [5, 5.41) is 8.43. The number of pyridine rings is 1. The van der Waals surface area contributed by atoms with E-state index in [1.165, 1.54) is 12.1 Å². The van der Waals surface area contributed by atoms with Crippen molar-refractivity contribution < 1.29 is 13.9 Å². The molecule has 168 valence electrons. The molecule has 7 heteroatoms. The number of carbonyl (C=O) groups is 1. The van der Waals surface area contributed by atoms with Crippen LogP contribution in [0.4, 0.5) is 10.1 Å². The van der Waals surface area contributed by atoms with Crippen molar-refractivity contribution in [3.63, 3.8) is 0 Å². The highest BCUT2D eigenvalue weighted by molar-refractivity contribution is 6.13. The second kappa shape index (κ2) is 8.31. The summed E-state index contributed by atoms with van der Waals surface area (Å²) >= 11 is 0. The summed E-state index contributed by atoms with van der Waals surface area (Å²) < 4.78 is 20.4. The number of ether oxygens (including phenoxy) is 1. The van der Waals surface area contributed by atoms with Gasteiger partial charge in [-0.1, -0.05) is 12.1 Å². The van der Waals surface area contributed by atoms with Crippen LogP contribution in [0, 0.1) is 19.7 Å². The number of nitrogens with one attached hydrogen (secondary N) is 1. The maximum Gasteiger partial charge on any atom is 0.256 e. The summed E-state index contributed by atoms with van der Waals surface area (Å²) in [6, 6.07) is 13.9. The maximum atomic E-state index is 13.5. The van der Waals surface area contributed by atoms with Crippen molar-refractivity contribution in [3.8, 4) is 5.75 Å². The number of nitrogens with zero attached hydrogens (tertiary/aromatic N) is 3. The molecule has 0 bridgehead atoms. The zero-order valence-electron chi connectivity index (χ0n) is 18.9. The van der Waals surface area contributed by atoms with Gasteiger partial charge in [0, 0.05) is 17.0 Å². The zero-order valence-corrected chi connectivity index (χ0v) is 18.9. The lowest BCUT2D eigenvalue weighted by atomic mass is 10.0. The molecule has 0 unspecified atom stereocenters. The molecule has 0 radical (unpaired) electrons. The number of amides is 1. The van der Waals surface area contributed by atoms with Gasteiger partial charge >= 0.3 is 0 Å². The van der Waals surface area contributed by atoms with Crippen molar-refractivity contribution in [2.75, 3.05) is 12.4 Å². The van der Waals surface area contributed by atoms with Crippen molar-refractivity contribution >= 4 is 22.5 Å². The normalized spacial score (nSPS) is 13.3. The Kier molecular flexibility index (Phi) is 5.32. The number of methoxy groups -OCH3 is 1. The minimum atomic E-state index is -0.271. The monoisotopic (exact) mass is 444 g/mol. The fourth-order valence-electron chi connectivity index (χ4n) is 4.10. The van der Waals surface area contributed by atoms with Crippen LogP contribution in [0.3, 0.4) is 0 Å². The zero-order chi connectivity index (χ0) is 23.1. The van der Waals surface area contributed by atoms with E-state index in [0.29, 0.717) is 29.5 Å². The van der Waals surface area contributed by atoms with Gasteiger partial charge in [0.15, 0.2) is 0 Å². The first kappa shape index (κ1) is 21.1. The second-order valence-electron chi connectivity index (χ2n) is 8.54. The Morgan fingerprint density at radius 1 is 1.15 bits per heavy atom. The van der Waals surface area contributed by atoms with E-state index >= 15 is 0 Å². The summed E-state index contributed by atoms with van der Waals surface area (Å²) in [5.41, 5.74) is 5.49. The molecule has 5 rings (SSSR count). The molecular weight excluding hydrogens is 419 g/mol. The van der Waals surface area contributed by atoms with Gasteiger partial charge in [-0.2, -0.15) is 5.10 Å². The molecule has 4 aromatic rings. The molecule has 1 amide bonds. The Morgan fingerprint density at radius 2 is 1.91 bits per heavy atom. The number of hydrogen-bond donors (Lipinski definition) is 1. The summed E-state index contributed by atoms with van der Waals surface area (Å²) in [6.07, 6.45) is 2.20. The van der Waals surface area contributed by atoms with E-state index in [2.05, 4.69) is 10.4 Å². The maximum absolute atomic E-state index is 13.5. The fraction of sp³-hybridized carbons (Fsp3) is 0.269. The van der Waals surface area contributed by atoms with Gasteiger partial charge in [0.25, 0.3) is 5.91 Å². The summed E-state index contributed by atoms with van der Waals surface area (Å²) in [6.45, 7) is 4.28. The van der Waals surface area contributed by atoms with E-state index in [0.717, 1.165) is 46.4 Å². The van der Waals surface area contributed by atoms with Crippen LogP contribution in [0.5, 0.6) is 5.75 Å². The molecule has 1 aliphatic carbocycles. The first-order valence-electron chi connectivity index (χ1n) is 11.0. The van der Waals surface area contributed by atoms with Crippen molar-refractivity contribution in [3.05, 3.63) is 82.6 Å². The molecule has 1 aliphatic rings. The molecule has 1 saturated carbocycles. The van der Waals surface area contributed by atoms with Gasteiger partial charge in [-0.15, -0.1) is 0 Å². The molecule has 0 spiro atoms. The molecule has 33 heavy (non-hydrogen) atoms. The van der Waals surface area contributed by atoms with Gasteiger partial charge < -0.3 is 10.1 Å². The summed E-state index contributed by atoms with van der Waals surface area (Å²) in [7, 11) is 1.61. The Morgan fingerprint density at radius 3 is 2.61 bits per heavy atom. The Bertz CT molecular complexity index is 1360. The van der Waals surface area contributed by atoms with Gasteiger partial charge in [-0.3, -0.25) is 14.5 Å². The van der Waals surface area contributed by atoms with Crippen molar-refractivity contribution in [2.45, 2.75) is 39.2 Å². The molecule has 1 fully saturated rings. The number of carbonyl (C=O) groups excluding carboxylic acids is 1. The standard InChI is InChI=1S/C26H25FN4O2/c1-15-25(16(2)31(30-15)14-17-4-8-19(27)9-5-17)29-26(32)22-13-24(18-6-7-18)28-23-11-10-20(33-3)12-21(22)23/h4-5,8-13,18H,6-7,14H2,1-3H3,(H,29,32). The van der Waals surface area contributed by atoms with Crippen LogP contribution in [0.2, 0.25) is 0 Å². The molecule has 6 nitrogen and oxygen atoms in total. The lowest BCUT2D eigenvalue weighted by molar-refractivity contribution is 0.102. The second-order valence-corrected chi connectivity index (χ2v) is 8.54. The van der Waals surface area contributed by atoms with E-state index in [9.17, 15) is 9.18 Å². The van der Waals surface area contributed by atoms with Gasteiger partial charge in [0.05, 0.1) is 41.8 Å². The van der Waals surface area contributed by atoms with E-state index in [4.69, 9.17) is 9.72 Å². The predicted molar refractivity (Wildman–Crippen MR) is 125 cm³/mol. The number of aromatic nitrogens is 3. The van der Waals surface area contributed by atoms with Crippen LogP contribution in [0.25, 0.3) is 10.9 Å². The van der Waals surface area contributed by atoms with Crippen LogP contribution < -0.4 is 10.1 Å². The molecule has 2 aromatic heterocycles. The van der Waals surface area contributed by atoms with E-state index < -0.39 is 0 Å². The lowest BCUT2D eigenvalue weighted by Gasteiger charge is -2.12. The van der Waals surface area contributed by atoms with Crippen LogP contribution in [-0.2, 0) is 6.54 Å². The number of anilines is 1. The number of halogens is 1. The molecule has 2 heterocycles. The van der Waals surface area contributed by atoms with Crippen LogP contribution in [0.1, 0.15) is 51.8 Å². The van der Waals surface area contributed by atoms with Gasteiger partial charge in [-0.05, 0) is 68.7 Å². The summed E-state index contributed by atoms with van der Waals surface area (Å²) in [4.78, 5) is 18.3. The number of rotatable bonds is 6. The summed E-state index contributed by atoms with van der Waals surface area (Å²) in [5.74, 6) is 0.624. The van der Waals surface area contributed by atoms with Gasteiger partial charge in [-0.25, -0.2) is 4.39 Å². The topological polar surface area (TPSA) is 69.0 Å². The quantitative estimate of drug-likeness (QED) is 0.434. The van der Waals surface area contributed by atoms with Crippen LogP contribution in [-0.4, -0.2) is 27.8 Å². The average Bonchev–Trinajstić information content (AvgIpc) is 3.63. The van der Waals surface area contributed by atoms with Crippen LogP contribution in [0.15, 0.2) is 48.5 Å². The van der Waals surface area contributed by atoms with Crippen molar-refractivity contribution in [1.82, 2.24) is 14.8 Å². The highest BCUT2D eigenvalue weighted by Crippen LogP contribution is 2.40. The van der Waals surface area contributed by atoms with Crippen molar-refractivity contribution in [2.24, 2.45) is 0 Å². The number of fused-ring (bicyclic) bond motifs is 1. The molecular formula is C26H25FN4O2. The third-order valence-electron chi connectivity index (χ3n) is 6.14. The fourth-order valence-corrected chi connectivity index (χ4v) is 4.10. The minimum Gasteiger partial charge on any atom is -0.497 e. The smallest absolute Gasteiger partial charge is 0.256 e. The van der Waals surface area contributed by atoms with Gasteiger partial charge in [0.2, 0.25) is 0 Å². The Balaban J connectivity index is 1.48. The van der Waals surface area contributed by atoms with E-state index in [-0.39, 0.29) is 11.7 Å². The largest absolute Gasteiger partial charge is 0.497 e. The molecule has 0 aliphatic heterocycles. The third-order valence-corrected chi connectivity index (χ3v) is 6.14. The highest BCUT2D eigenvalue weighted by Gasteiger charge is 2.27. The minimum absolute atomic E-state index is 0.204. The van der Waals surface area contributed by atoms with E-state index in [1.807, 2.05) is 42.8 Å². The number of hydrogen-bond acceptors (Lipinski definition) is 4. The third kappa shape index (κ3) is 4.18. The highest BCUT2D eigenvalue weighted by atomic mass is 19.1. The van der Waals surface area contributed by atoms with Crippen molar-refractivity contribution in [1.29, 1.82) is 0 Å². The Labute approximate surface area is 191 Å². The van der Waals surface area contributed by atoms with Gasteiger partial charge in [0.1, 0.15) is 11.6 Å².